The van der Waals surface area contributed by atoms with Gasteiger partial charge in [-0.15, -0.1) is 0 Å². The standard InChI is InChI=1S/C44H72N7O17P3/c1-42(2,3)19-10-8-13-29-15-12-16-30(23-29)14-9-11-20-43(4,5)24-31(52)17-21-46-33(53)18-22-47-40(56)37(55)44(6,7)26-65-71(62,63)68-70(60,61)64-25-32-36(67-69(57,58)59)35(54)41(66-32)51-28-50-34-38(45)48-27-49-39(34)51/h12,15-16,23,27-28,32,35-37,41,54-55H,8-11,13-14,17-22,24-26H2,1-7H3,(H,46,53)(H,47,56)(H,60,61)(H,62,63)(H2,45,48,49)(H2,57,58,59). The second kappa shape index (κ2) is 25.6. The average molecular weight is 1060 g/mol. The summed E-state index contributed by atoms with van der Waals surface area (Å²) in [6, 6.07) is 8.82. The minimum absolute atomic E-state index is 0.0174. The summed E-state index contributed by atoms with van der Waals surface area (Å²) in [6.45, 7) is 11.3. The zero-order valence-corrected chi connectivity index (χ0v) is 44.0. The Hall–Kier alpha value is -3.57. The number of ether oxygens (including phenoxy) is 1. The number of aliphatic hydroxyl groups is 2. The summed E-state index contributed by atoms with van der Waals surface area (Å²) in [5.74, 6) is -1.46. The summed E-state index contributed by atoms with van der Waals surface area (Å²) in [5.41, 5.74) is 7.13. The summed E-state index contributed by atoms with van der Waals surface area (Å²) < 4.78 is 62.6. The van der Waals surface area contributed by atoms with Crippen molar-refractivity contribution in [2.24, 2.45) is 16.2 Å². The quantitative estimate of drug-likeness (QED) is 0.0315. The minimum atomic E-state index is -5.59. The molecular weight excluding hydrogens is 991 g/mol. The van der Waals surface area contributed by atoms with Crippen LogP contribution in [-0.4, -0.2) is 118 Å². The summed E-state index contributed by atoms with van der Waals surface area (Å²) in [6.07, 6.45) is 2.12. The first-order chi connectivity index (χ1) is 32.9. The predicted octanol–water partition coefficient (Wildman–Crippen LogP) is 4.95. The third kappa shape index (κ3) is 20.3. The van der Waals surface area contributed by atoms with Crippen LogP contribution in [0, 0.1) is 16.2 Å². The highest BCUT2D eigenvalue weighted by Crippen LogP contribution is 2.61. The molecule has 3 heterocycles. The molecule has 400 valence electrons. The number of rotatable bonds is 30. The highest BCUT2D eigenvalue weighted by atomic mass is 31.3. The Balaban J connectivity index is 1.13. The van der Waals surface area contributed by atoms with Gasteiger partial charge in [0.1, 0.15) is 42.0 Å². The van der Waals surface area contributed by atoms with Crippen LogP contribution < -0.4 is 16.4 Å². The number of nitrogens with two attached hydrogens (primary N) is 1. The molecule has 2 amide bonds. The number of ketones is 1. The molecule has 1 aromatic carbocycles. The lowest BCUT2D eigenvalue weighted by molar-refractivity contribution is -0.137. The molecule has 10 N–H and O–H groups in total. The fourth-order valence-corrected chi connectivity index (χ4v) is 10.7. The van der Waals surface area contributed by atoms with E-state index < -0.39 is 84.6 Å². The number of aryl methyl sites for hydroxylation is 2. The van der Waals surface area contributed by atoms with Crippen LogP contribution in [0.25, 0.3) is 11.2 Å². The number of nitrogen functional groups attached to an aromatic ring is 1. The molecule has 1 aliphatic rings. The summed E-state index contributed by atoms with van der Waals surface area (Å²) >= 11 is 0. The third-order valence-electron chi connectivity index (χ3n) is 11.7. The van der Waals surface area contributed by atoms with E-state index in [9.17, 15) is 57.9 Å². The number of anilines is 1. The molecular formula is C44H72N7O17P3. The second-order valence-electron chi connectivity index (χ2n) is 20.5. The Morgan fingerprint density at radius 3 is 2.11 bits per heavy atom. The fraction of sp³-hybridized carbons (Fsp3) is 0.682. The number of amides is 2. The maximum absolute atomic E-state index is 12.8. The van der Waals surface area contributed by atoms with Gasteiger partial charge in [0.25, 0.3) is 0 Å². The van der Waals surface area contributed by atoms with Crippen LogP contribution in [0.2, 0.25) is 0 Å². The molecule has 0 radical (unpaired) electrons. The lowest BCUT2D eigenvalue weighted by Gasteiger charge is -2.30. The number of aromatic nitrogens is 4. The summed E-state index contributed by atoms with van der Waals surface area (Å²) in [7, 11) is -16.4. The van der Waals surface area contributed by atoms with Gasteiger partial charge in [0.05, 0.1) is 19.5 Å². The first kappa shape index (κ1) is 60.0. The number of fused-ring (bicyclic) bond motifs is 1. The third-order valence-corrected chi connectivity index (χ3v) is 14.8. The van der Waals surface area contributed by atoms with E-state index >= 15 is 0 Å². The van der Waals surface area contributed by atoms with Gasteiger partial charge in [-0.05, 0) is 60.5 Å². The minimum Gasteiger partial charge on any atom is -0.386 e. The Morgan fingerprint density at radius 1 is 0.859 bits per heavy atom. The van der Waals surface area contributed by atoms with Gasteiger partial charge in [0, 0.05) is 37.8 Å². The highest BCUT2D eigenvalue weighted by molar-refractivity contribution is 7.61. The Labute approximate surface area is 413 Å². The highest BCUT2D eigenvalue weighted by Gasteiger charge is 2.50. The SMILES string of the molecule is CC(C)(C)CCCCc1cccc(CCCCC(C)(C)CC(=O)CCNC(=O)CCNC(=O)C(O)C(C)(C)COP(=O)(O)OP(=O)(O)OCC2OC(n3cnc4c(N)ncnc43)C(O)C2OP(=O)(O)O)c1. The van der Waals surface area contributed by atoms with Crippen LogP contribution in [0.1, 0.15) is 124 Å². The number of nitrogens with zero attached hydrogens (tertiary/aromatic N) is 4. The predicted molar refractivity (Wildman–Crippen MR) is 259 cm³/mol. The van der Waals surface area contributed by atoms with E-state index in [0.717, 1.165) is 49.3 Å². The maximum Gasteiger partial charge on any atom is 0.481 e. The summed E-state index contributed by atoms with van der Waals surface area (Å²) in [4.78, 5) is 89.3. The monoisotopic (exact) mass is 1060 g/mol. The van der Waals surface area contributed by atoms with Gasteiger partial charge in [0.2, 0.25) is 11.8 Å². The molecule has 27 heteroatoms. The van der Waals surface area contributed by atoms with E-state index in [1.807, 2.05) is 0 Å². The smallest absolute Gasteiger partial charge is 0.386 e. The molecule has 3 aromatic rings. The van der Waals surface area contributed by atoms with Crippen molar-refractivity contribution >= 4 is 58.0 Å². The molecule has 0 saturated carbocycles. The van der Waals surface area contributed by atoms with Crippen molar-refractivity contribution in [1.82, 2.24) is 30.2 Å². The molecule has 0 bridgehead atoms. The molecule has 7 unspecified atom stereocenters. The Morgan fingerprint density at radius 2 is 1.48 bits per heavy atom. The first-order valence-electron chi connectivity index (χ1n) is 23.3. The van der Waals surface area contributed by atoms with E-state index in [1.54, 1.807) is 0 Å². The molecule has 24 nitrogen and oxygen atoms in total. The van der Waals surface area contributed by atoms with Crippen LogP contribution in [-0.2, 0) is 63.5 Å². The molecule has 71 heavy (non-hydrogen) atoms. The number of carbonyl (C=O) groups is 3. The number of aliphatic hydroxyl groups excluding tert-OH is 2. The molecule has 7 atom stereocenters. The number of imidazole rings is 1. The maximum atomic E-state index is 12.8. The van der Waals surface area contributed by atoms with E-state index in [0.29, 0.717) is 11.8 Å². The fourth-order valence-electron chi connectivity index (χ4n) is 7.85. The van der Waals surface area contributed by atoms with Crippen molar-refractivity contribution in [3.63, 3.8) is 0 Å². The van der Waals surface area contributed by atoms with Gasteiger partial charge in [0.15, 0.2) is 17.7 Å². The van der Waals surface area contributed by atoms with Crippen molar-refractivity contribution in [1.29, 1.82) is 0 Å². The van der Waals surface area contributed by atoms with Crippen LogP contribution >= 0.6 is 23.5 Å². The molecule has 4 rings (SSSR count). The zero-order chi connectivity index (χ0) is 53.0. The Kier molecular flexibility index (Phi) is 21.6. The van der Waals surface area contributed by atoms with Crippen LogP contribution in [0.5, 0.6) is 0 Å². The van der Waals surface area contributed by atoms with Crippen molar-refractivity contribution in [2.45, 2.75) is 150 Å². The zero-order valence-electron chi connectivity index (χ0n) is 41.3. The van der Waals surface area contributed by atoms with Gasteiger partial charge in [-0.25, -0.2) is 28.6 Å². The van der Waals surface area contributed by atoms with Gasteiger partial charge < -0.3 is 50.9 Å². The topological polar surface area (TPSA) is 364 Å². The lowest BCUT2D eigenvalue weighted by Crippen LogP contribution is -2.46. The van der Waals surface area contributed by atoms with Gasteiger partial charge in [-0.3, -0.25) is 32.5 Å². The number of phosphoric ester groups is 3. The van der Waals surface area contributed by atoms with Gasteiger partial charge >= 0.3 is 23.5 Å². The molecule has 1 saturated heterocycles. The number of benzene rings is 1. The van der Waals surface area contributed by atoms with Crippen LogP contribution in [0.4, 0.5) is 5.82 Å². The van der Waals surface area contributed by atoms with E-state index in [4.69, 9.17) is 19.5 Å². The van der Waals surface area contributed by atoms with E-state index in [1.165, 1.54) is 44.2 Å². The van der Waals surface area contributed by atoms with Crippen molar-refractivity contribution in [3.8, 4) is 0 Å². The largest absolute Gasteiger partial charge is 0.481 e. The number of hydrogen-bond donors (Lipinski definition) is 9. The molecule has 1 aliphatic heterocycles. The average Bonchev–Trinajstić information content (AvgIpc) is 3.81. The van der Waals surface area contributed by atoms with E-state index in [2.05, 4.69) is 93.3 Å². The van der Waals surface area contributed by atoms with Crippen LogP contribution in [0.3, 0.4) is 0 Å². The molecule has 0 spiro atoms. The van der Waals surface area contributed by atoms with Gasteiger partial charge in [-0.2, -0.15) is 4.31 Å². The number of carbonyl (C=O) groups excluding carboxylic acids is 3. The first-order valence-corrected chi connectivity index (χ1v) is 27.9. The number of Topliss-reactive ketones (excluding diaryl/α,β-unsaturated/α-hetero) is 1. The molecule has 1 fully saturated rings. The number of phosphoric acid groups is 3. The second-order valence-corrected chi connectivity index (χ2v) is 24.7. The molecule has 0 aliphatic carbocycles. The van der Waals surface area contributed by atoms with E-state index in [-0.39, 0.29) is 54.1 Å². The van der Waals surface area contributed by atoms with Crippen molar-refractivity contribution < 1.29 is 80.5 Å². The summed E-state index contributed by atoms with van der Waals surface area (Å²) in [5, 5.41) is 26.7. The van der Waals surface area contributed by atoms with Crippen molar-refractivity contribution in [2.75, 3.05) is 32.0 Å². The normalized spacial score (nSPS) is 20.1. The lowest BCUT2D eigenvalue weighted by atomic mass is 9.81. The molecule has 2 aromatic heterocycles. The Bertz CT molecular complexity index is 2410. The number of hydrogen-bond acceptors (Lipinski definition) is 17. The van der Waals surface area contributed by atoms with Gasteiger partial charge in [-0.1, -0.05) is 85.6 Å². The van der Waals surface area contributed by atoms with Crippen LogP contribution in [0.15, 0.2) is 36.9 Å². The number of nitrogens with one attached hydrogen (secondary N) is 2. The van der Waals surface area contributed by atoms with Crippen molar-refractivity contribution in [3.05, 3.63) is 48.0 Å². The number of unbranched alkanes of at least 4 members (excludes halogenated alkanes) is 2.